The Morgan fingerprint density at radius 1 is 1.27 bits per heavy atom. The third-order valence-corrected chi connectivity index (χ3v) is 4.28. The molecule has 22 heavy (non-hydrogen) atoms. The van der Waals surface area contributed by atoms with Gasteiger partial charge in [-0.25, -0.2) is 4.99 Å². The topological polar surface area (TPSA) is 53.2 Å². The summed E-state index contributed by atoms with van der Waals surface area (Å²) in [4.78, 5) is 11.4. The van der Waals surface area contributed by atoms with Crippen molar-refractivity contribution in [3.8, 4) is 0 Å². The Hall–Kier alpha value is -2.49. The first kappa shape index (κ1) is 13.2. The van der Waals surface area contributed by atoms with Crippen molar-refractivity contribution in [1.29, 1.82) is 0 Å². The van der Waals surface area contributed by atoms with Gasteiger partial charge in [0, 0.05) is 23.7 Å². The molecule has 0 saturated heterocycles. The molecule has 1 aliphatic heterocycles. The summed E-state index contributed by atoms with van der Waals surface area (Å²) in [5.41, 5.74) is 6.72. The first-order chi connectivity index (χ1) is 10.8. The van der Waals surface area contributed by atoms with E-state index in [2.05, 4.69) is 22.1 Å². The Bertz CT molecular complexity index is 752. The standard InChI is InChI=1S/C18H19N3O/c1-22-18-11-16(15-7-4-8-19-15)21-17(18)10-13-9-12-5-2-3-6-14(12)20-13/h4,7-11,19-20H,2-3,5-6H2,1H3. The van der Waals surface area contributed by atoms with Crippen LogP contribution in [0.15, 0.2) is 46.9 Å². The van der Waals surface area contributed by atoms with E-state index in [4.69, 9.17) is 9.73 Å². The van der Waals surface area contributed by atoms with Crippen molar-refractivity contribution < 1.29 is 4.74 Å². The molecule has 4 rings (SSSR count). The molecule has 2 aliphatic rings. The van der Waals surface area contributed by atoms with E-state index in [0.717, 1.165) is 35.0 Å². The smallest absolute Gasteiger partial charge is 0.146 e. The number of nitrogens with one attached hydrogen (secondary N) is 2. The molecule has 0 amide bonds. The average Bonchev–Trinajstić information content (AvgIpc) is 3.26. The zero-order valence-corrected chi connectivity index (χ0v) is 12.6. The van der Waals surface area contributed by atoms with Gasteiger partial charge in [0.2, 0.25) is 0 Å². The van der Waals surface area contributed by atoms with Crippen molar-refractivity contribution in [3.05, 3.63) is 64.6 Å². The van der Waals surface area contributed by atoms with Gasteiger partial charge in [-0.15, -0.1) is 0 Å². The highest BCUT2D eigenvalue weighted by Gasteiger charge is 2.18. The molecule has 0 fully saturated rings. The predicted octanol–water partition coefficient (Wildman–Crippen LogP) is 3.60. The number of aryl methyl sites for hydroxylation is 2. The minimum absolute atomic E-state index is 0.803. The summed E-state index contributed by atoms with van der Waals surface area (Å²) < 4.78 is 5.48. The molecule has 0 bridgehead atoms. The van der Waals surface area contributed by atoms with E-state index in [1.54, 1.807) is 7.11 Å². The summed E-state index contributed by atoms with van der Waals surface area (Å²) in [6.07, 6.45) is 10.9. The lowest BCUT2D eigenvalue weighted by molar-refractivity contribution is 0.303. The first-order valence-corrected chi connectivity index (χ1v) is 7.74. The molecule has 2 aromatic heterocycles. The van der Waals surface area contributed by atoms with Crippen LogP contribution in [0.25, 0.3) is 6.08 Å². The number of aliphatic imine (C=N–C) groups is 1. The predicted molar refractivity (Wildman–Crippen MR) is 87.8 cm³/mol. The summed E-state index contributed by atoms with van der Waals surface area (Å²) in [6.45, 7) is 0. The van der Waals surface area contributed by atoms with Gasteiger partial charge in [0.15, 0.2) is 0 Å². The number of aromatic amines is 2. The van der Waals surface area contributed by atoms with Crippen LogP contribution in [0, 0.1) is 0 Å². The van der Waals surface area contributed by atoms with Crippen molar-refractivity contribution in [2.24, 2.45) is 4.99 Å². The number of rotatable bonds is 3. The lowest BCUT2D eigenvalue weighted by atomic mass is 9.98. The Labute approximate surface area is 129 Å². The molecule has 4 nitrogen and oxygen atoms in total. The van der Waals surface area contributed by atoms with Gasteiger partial charge in [0.25, 0.3) is 0 Å². The number of methoxy groups -OCH3 is 1. The van der Waals surface area contributed by atoms with Crippen LogP contribution in [-0.4, -0.2) is 22.8 Å². The van der Waals surface area contributed by atoms with Crippen LogP contribution in [0.2, 0.25) is 0 Å². The number of H-pyrrole nitrogens is 2. The highest BCUT2D eigenvalue weighted by Crippen LogP contribution is 2.27. The van der Waals surface area contributed by atoms with Crippen molar-refractivity contribution in [1.82, 2.24) is 9.97 Å². The van der Waals surface area contributed by atoms with Gasteiger partial charge >= 0.3 is 0 Å². The highest BCUT2D eigenvalue weighted by molar-refractivity contribution is 6.11. The molecule has 4 heteroatoms. The molecule has 0 radical (unpaired) electrons. The van der Waals surface area contributed by atoms with Crippen LogP contribution in [0.4, 0.5) is 0 Å². The maximum Gasteiger partial charge on any atom is 0.146 e. The number of ether oxygens (including phenoxy) is 1. The van der Waals surface area contributed by atoms with Crippen molar-refractivity contribution in [2.45, 2.75) is 25.7 Å². The van der Waals surface area contributed by atoms with Gasteiger partial charge in [0.1, 0.15) is 11.5 Å². The normalized spacial score (nSPS) is 19.0. The molecule has 0 unspecified atom stereocenters. The second kappa shape index (κ2) is 5.37. The fraction of sp³-hybridized carbons (Fsp3) is 0.278. The fourth-order valence-electron chi connectivity index (χ4n) is 3.16. The lowest BCUT2D eigenvalue weighted by Crippen LogP contribution is -1.99. The minimum Gasteiger partial charge on any atom is -0.494 e. The largest absolute Gasteiger partial charge is 0.494 e. The van der Waals surface area contributed by atoms with E-state index in [9.17, 15) is 0 Å². The van der Waals surface area contributed by atoms with Crippen LogP contribution in [-0.2, 0) is 17.6 Å². The van der Waals surface area contributed by atoms with Gasteiger partial charge in [-0.1, -0.05) is 0 Å². The van der Waals surface area contributed by atoms with E-state index in [-0.39, 0.29) is 0 Å². The monoisotopic (exact) mass is 293 g/mol. The van der Waals surface area contributed by atoms with Crippen LogP contribution < -0.4 is 0 Å². The van der Waals surface area contributed by atoms with Gasteiger partial charge < -0.3 is 14.7 Å². The average molecular weight is 293 g/mol. The maximum atomic E-state index is 5.48. The number of fused-ring (bicyclic) bond motifs is 1. The third-order valence-electron chi connectivity index (χ3n) is 4.28. The van der Waals surface area contributed by atoms with Crippen LogP contribution in [0.5, 0.6) is 0 Å². The Morgan fingerprint density at radius 3 is 2.95 bits per heavy atom. The van der Waals surface area contributed by atoms with E-state index in [1.165, 1.54) is 30.5 Å². The first-order valence-electron chi connectivity index (χ1n) is 7.74. The molecular formula is C18H19N3O. The van der Waals surface area contributed by atoms with E-state index >= 15 is 0 Å². The molecule has 3 heterocycles. The Balaban J connectivity index is 1.69. The summed E-state index contributed by atoms with van der Waals surface area (Å²) in [7, 11) is 1.69. The van der Waals surface area contributed by atoms with E-state index in [1.807, 2.05) is 24.4 Å². The van der Waals surface area contributed by atoms with Gasteiger partial charge in [0.05, 0.1) is 18.5 Å². The maximum absolute atomic E-state index is 5.48. The van der Waals surface area contributed by atoms with E-state index < -0.39 is 0 Å². The van der Waals surface area contributed by atoms with Crippen LogP contribution in [0.3, 0.4) is 0 Å². The lowest BCUT2D eigenvalue weighted by Gasteiger charge is -2.08. The van der Waals surface area contributed by atoms with Crippen LogP contribution in [0.1, 0.15) is 35.5 Å². The summed E-state index contributed by atoms with van der Waals surface area (Å²) >= 11 is 0. The van der Waals surface area contributed by atoms with Gasteiger partial charge in [-0.2, -0.15) is 0 Å². The number of allylic oxidation sites excluding steroid dienone is 1. The van der Waals surface area contributed by atoms with Crippen molar-refractivity contribution >= 4 is 11.8 Å². The Morgan fingerprint density at radius 2 is 2.18 bits per heavy atom. The molecule has 112 valence electrons. The molecule has 0 aromatic carbocycles. The SMILES string of the molecule is COC1=CC(c2ccc[nH]2)=NC1=Cc1cc2c([nH]1)CCCC2. The second-order valence-corrected chi connectivity index (χ2v) is 5.76. The van der Waals surface area contributed by atoms with E-state index in [0.29, 0.717) is 0 Å². The molecule has 2 aromatic rings. The fourth-order valence-corrected chi connectivity index (χ4v) is 3.16. The van der Waals surface area contributed by atoms with Crippen molar-refractivity contribution in [3.63, 3.8) is 0 Å². The molecule has 2 N–H and O–H groups in total. The zero-order valence-electron chi connectivity index (χ0n) is 12.6. The molecule has 0 atom stereocenters. The Kier molecular flexibility index (Phi) is 3.22. The third kappa shape index (κ3) is 2.30. The van der Waals surface area contributed by atoms with Crippen LogP contribution >= 0.6 is 0 Å². The highest BCUT2D eigenvalue weighted by atomic mass is 16.5. The second-order valence-electron chi connectivity index (χ2n) is 5.76. The number of aromatic nitrogens is 2. The van der Waals surface area contributed by atoms with Crippen molar-refractivity contribution in [2.75, 3.05) is 7.11 Å². The molecule has 1 aliphatic carbocycles. The quantitative estimate of drug-likeness (QED) is 0.892. The number of nitrogens with zero attached hydrogens (tertiary/aromatic N) is 1. The summed E-state index contributed by atoms with van der Waals surface area (Å²) in [5, 5.41) is 0. The summed E-state index contributed by atoms with van der Waals surface area (Å²) in [5.74, 6) is 0.803. The minimum atomic E-state index is 0.803. The number of hydrogen-bond acceptors (Lipinski definition) is 2. The van der Waals surface area contributed by atoms with Gasteiger partial charge in [-0.05, 0) is 55.5 Å². The van der Waals surface area contributed by atoms with Gasteiger partial charge in [-0.3, -0.25) is 0 Å². The summed E-state index contributed by atoms with van der Waals surface area (Å²) in [6, 6.07) is 6.23. The zero-order chi connectivity index (χ0) is 14.9. The molecule has 0 spiro atoms. The molecule has 0 saturated carbocycles. The molecular weight excluding hydrogens is 274 g/mol. The number of hydrogen-bond donors (Lipinski definition) is 2.